The van der Waals surface area contributed by atoms with Crippen LogP contribution in [-0.4, -0.2) is 24.1 Å². The van der Waals surface area contributed by atoms with Crippen molar-refractivity contribution in [2.45, 2.75) is 26.2 Å². The Balaban J connectivity index is 1.70. The Bertz CT molecular complexity index is 1460. The van der Waals surface area contributed by atoms with Crippen LogP contribution in [0.25, 0.3) is 0 Å². The molecule has 3 aromatic rings. The molecular formula is C28H25N3O7. The second-order valence-electron chi connectivity index (χ2n) is 8.28. The molecule has 1 atom stereocenters. The lowest BCUT2D eigenvalue weighted by atomic mass is 9.83. The highest BCUT2D eigenvalue weighted by molar-refractivity contribution is 5.95. The quantitative estimate of drug-likeness (QED) is 0.175. The van der Waals surface area contributed by atoms with Crippen LogP contribution in [0, 0.1) is 21.4 Å². The van der Waals surface area contributed by atoms with Gasteiger partial charge in [-0.3, -0.25) is 10.1 Å². The zero-order chi connectivity index (χ0) is 27.2. The summed E-state index contributed by atoms with van der Waals surface area (Å²) in [6.45, 7) is 4.83. The van der Waals surface area contributed by atoms with E-state index in [0.717, 1.165) is 12.0 Å². The van der Waals surface area contributed by atoms with Gasteiger partial charge in [0, 0.05) is 17.7 Å². The van der Waals surface area contributed by atoms with Gasteiger partial charge in [0.05, 0.1) is 24.1 Å². The standard InChI is InChI=1S/C28H25N3O7/c1-3-13-36-23-12-9-17(14-25(23)35-4-2)26-20-11-10-18(15-24(20)38-27(30)21(26)16-29)37-28(32)19-7-5-6-8-22(19)31(33)34/h5-12,14-15,26H,3-4,13,30H2,1-2H3. The summed E-state index contributed by atoms with van der Waals surface area (Å²) < 4.78 is 22.7. The second kappa shape index (κ2) is 11.3. The molecule has 1 aliphatic rings. The highest BCUT2D eigenvalue weighted by Gasteiger charge is 2.32. The van der Waals surface area contributed by atoms with Gasteiger partial charge in [-0.1, -0.05) is 31.2 Å². The third-order valence-corrected chi connectivity index (χ3v) is 5.78. The largest absolute Gasteiger partial charge is 0.490 e. The van der Waals surface area contributed by atoms with Crippen LogP contribution in [0.3, 0.4) is 0 Å². The normalized spacial score (nSPS) is 14.1. The number of para-hydroxylation sites is 1. The van der Waals surface area contributed by atoms with Crippen LogP contribution >= 0.6 is 0 Å². The molecular weight excluding hydrogens is 490 g/mol. The average Bonchev–Trinajstić information content (AvgIpc) is 2.91. The maximum absolute atomic E-state index is 12.7. The first-order chi connectivity index (χ1) is 18.4. The van der Waals surface area contributed by atoms with Crippen LogP contribution in [0.15, 0.2) is 72.1 Å². The Kier molecular flexibility index (Phi) is 7.77. The Morgan fingerprint density at radius 1 is 1.11 bits per heavy atom. The summed E-state index contributed by atoms with van der Waals surface area (Å²) in [5.74, 6) is -0.0509. The van der Waals surface area contributed by atoms with Crippen LogP contribution in [0.5, 0.6) is 23.0 Å². The molecule has 0 saturated carbocycles. The Labute approximate surface area is 219 Å². The van der Waals surface area contributed by atoms with Gasteiger partial charge in [0.2, 0.25) is 5.88 Å². The molecule has 4 rings (SSSR count). The maximum Gasteiger partial charge on any atom is 0.350 e. The van der Waals surface area contributed by atoms with E-state index in [1.807, 2.05) is 19.9 Å². The molecule has 194 valence electrons. The number of rotatable bonds is 9. The minimum Gasteiger partial charge on any atom is -0.490 e. The Hall–Kier alpha value is -5.04. The number of nitro benzene ring substituents is 1. The molecule has 0 amide bonds. The molecule has 0 bridgehead atoms. The average molecular weight is 516 g/mol. The molecule has 0 radical (unpaired) electrons. The third kappa shape index (κ3) is 5.22. The zero-order valence-corrected chi connectivity index (χ0v) is 20.8. The molecule has 10 heteroatoms. The monoisotopic (exact) mass is 515 g/mol. The molecule has 0 saturated heterocycles. The summed E-state index contributed by atoms with van der Waals surface area (Å²) >= 11 is 0. The highest BCUT2D eigenvalue weighted by Crippen LogP contribution is 2.45. The van der Waals surface area contributed by atoms with Crippen molar-refractivity contribution in [2.75, 3.05) is 13.2 Å². The number of ether oxygens (including phenoxy) is 4. The van der Waals surface area contributed by atoms with Crippen LogP contribution in [-0.2, 0) is 0 Å². The fourth-order valence-electron chi connectivity index (χ4n) is 4.11. The Morgan fingerprint density at radius 2 is 1.89 bits per heavy atom. The third-order valence-electron chi connectivity index (χ3n) is 5.78. The molecule has 0 aliphatic carbocycles. The van der Waals surface area contributed by atoms with Gasteiger partial charge in [-0.05, 0) is 43.2 Å². The van der Waals surface area contributed by atoms with E-state index < -0.39 is 16.8 Å². The number of carbonyl (C=O) groups is 1. The number of carbonyl (C=O) groups excluding carboxylic acids is 1. The molecule has 0 aromatic heterocycles. The van der Waals surface area contributed by atoms with E-state index in [1.54, 1.807) is 18.2 Å². The summed E-state index contributed by atoms with van der Waals surface area (Å²) in [6, 6.07) is 17.7. The van der Waals surface area contributed by atoms with Crippen LogP contribution in [0.4, 0.5) is 5.69 Å². The fraction of sp³-hybridized carbons (Fsp3) is 0.214. The van der Waals surface area contributed by atoms with E-state index in [-0.39, 0.29) is 34.2 Å². The van der Waals surface area contributed by atoms with Gasteiger partial charge in [-0.25, -0.2) is 4.79 Å². The highest BCUT2D eigenvalue weighted by atomic mass is 16.6. The van der Waals surface area contributed by atoms with Crippen LogP contribution in [0.1, 0.15) is 47.7 Å². The molecule has 3 aromatic carbocycles. The van der Waals surface area contributed by atoms with Crippen molar-refractivity contribution in [3.63, 3.8) is 0 Å². The summed E-state index contributed by atoms with van der Waals surface area (Å²) in [5, 5.41) is 21.2. The molecule has 1 unspecified atom stereocenters. The molecule has 0 fully saturated rings. The van der Waals surface area contributed by atoms with Gasteiger partial charge in [0.1, 0.15) is 28.7 Å². The van der Waals surface area contributed by atoms with Crippen LogP contribution < -0.4 is 24.7 Å². The van der Waals surface area contributed by atoms with Gasteiger partial charge < -0.3 is 24.7 Å². The predicted octanol–water partition coefficient (Wildman–Crippen LogP) is 5.22. The van der Waals surface area contributed by atoms with E-state index in [0.29, 0.717) is 30.3 Å². The summed E-state index contributed by atoms with van der Waals surface area (Å²) in [4.78, 5) is 23.3. The van der Waals surface area contributed by atoms with Crippen molar-refractivity contribution in [3.8, 4) is 29.1 Å². The number of allylic oxidation sites excluding steroid dienone is 1. The zero-order valence-electron chi connectivity index (χ0n) is 20.8. The van der Waals surface area contributed by atoms with Gasteiger partial charge >= 0.3 is 5.97 Å². The number of fused-ring (bicyclic) bond motifs is 1. The van der Waals surface area contributed by atoms with Crippen molar-refractivity contribution in [1.82, 2.24) is 0 Å². The number of hydrogen-bond donors (Lipinski definition) is 1. The summed E-state index contributed by atoms with van der Waals surface area (Å²) in [7, 11) is 0. The number of esters is 1. The number of nitrogens with two attached hydrogens (primary N) is 1. The van der Waals surface area contributed by atoms with E-state index in [9.17, 15) is 20.2 Å². The smallest absolute Gasteiger partial charge is 0.350 e. The second-order valence-corrected chi connectivity index (χ2v) is 8.28. The first-order valence-electron chi connectivity index (χ1n) is 11.9. The van der Waals surface area contributed by atoms with Crippen molar-refractivity contribution >= 4 is 11.7 Å². The van der Waals surface area contributed by atoms with Crippen molar-refractivity contribution in [3.05, 3.63) is 98.9 Å². The summed E-state index contributed by atoms with van der Waals surface area (Å²) in [6.07, 6.45) is 0.836. The molecule has 38 heavy (non-hydrogen) atoms. The summed E-state index contributed by atoms with van der Waals surface area (Å²) in [5.41, 5.74) is 7.12. The van der Waals surface area contributed by atoms with Gasteiger partial charge in [0.25, 0.3) is 5.69 Å². The van der Waals surface area contributed by atoms with Crippen molar-refractivity contribution in [1.29, 1.82) is 5.26 Å². The predicted molar refractivity (Wildman–Crippen MR) is 137 cm³/mol. The van der Waals surface area contributed by atoms with E-state index in [4.69, 9.17) is 24.7 Å². The van der Waals surface area contributed by atoms with Gasteiger partial charge in [0.15, 0.2) is 11.5 Å². The molecule has 10 nitrogen and oxygen atoms in total. The minimum atomic E-state index is -0.894. The van der Waals surface area contributed by atoms with E-state index in [2.05, 4.69) is 6.07 Å². The lowest BCUT2D eigenvalue weighted by Crippen LogP contribution is -2.21. The van der Waals surface area contributed by atoms with Gasteiger partial charge in [-0.15, -0.1) is 0 Å². The molecule has 1 heterocycles. The number of benzene rings is 3. The van der Waals surface area contributed by atoms with Gasteiger partial charge in [-0.2, -0.15) is 5.26 Å². The number of nitriles is 1. The Morgan fingerprint density at radius 3 is 2.61 bits per heavy atom. The van der Waals surface area contributed by atoms with E-state index in [1.165, 1.54) is 36.4 Å². The first-order valence-corrected chi connectivity index (χ1v) is 11.9. The first kappa shape index (κ1) is 26.0. The van der Waals surface area contributed by atoms with Crippen molar-refractivity contribution in [2.24, 2.45) is 5.73 Å². The van der Waals surface area contributed by atoms with E-state index >= 15 is 0 Å². The molecule has 1 aliphatic heterocycles. The minimum absolute atomic E-state index is 0.0866. The number of hydrogen-bond acceptors (Lipinski definition) is 9. The van der Waals surface area contributed by atoms with Crippen LogP contribution in [0.2, 0.25) is 0 Å². The number of nitro groups is 1. The topological polar surface area (TPSA) is 147 Å². The molecule has 2 N–H and O–H groups in total. The SMILES string of the molecule is CCCOc1ccc(C2C(C#N)=C(N)Oc3cc(OC(=O)c4ccccc4[N+](=O)[O-])ccc32)cc1OCC. The fourth-order valence-corrected chi connectivity index (χ4v) is 4.11. The number of nitrogens with zero attached hydrogens (tertiary/aromatic N) is 2. The molecule has 0 spiro atoms. The van der Waals surface area contributed by atoms with Crippen molar-refractivity contribution < 1.29 is 28.7 Å². The lowest BCUT2D eigenvalue weighted by Gasteiger charge is -2.27. The lowest BCUT2D eigenvalue weighted by molar-refractivity contribution is -0.385. The maximum atomic E-state index is 12.7.